The van der Waals surface area contributed by atoms with Gasteiger partial charge in [-0.25, -0.2) is 4.98 Å². The number of anilines is 1. The van der Waals surface area contributed by atoms with Crippen molar-refractivity contribution in [2.24, 2.45) is 0 Å². The number of nitrogens with zero attached hydrogens (tertiary/aromatic N) is 1. The van der Waals surface area contributed by atoms with E-state index in [1.54, 1.807) is 6.20 Å². The number of rotatable bonds is 6. The smallest absolute Gasteiger partial charge is 0.303 e. The molecule has 0 unspecified atom stereocenters. The molecule has 4 heteroatoms. The molecule has 2 N–H and O–H groups in total. The zero-order valence-electron chi connectivity index (χ0n) is 10.1. The Morgan fingerprint density at radius 2 is 2.06 bits per heavy atom. The second kappa shape index (κ2) is 6.00. The van der Waals surface area contributed by atoms with E-state index in [1.165, 1.54) is 0 Å². The number of benzene rings is 1. The van der Waals surface area contributed by atoms with Crippen molar-refractivity contribution in [1.29, 1.82) is 0 Å². The molecule has 1 aromatic heterocycles. The lowest BCUT2D eigenvalue weighted by Crippen LogP contribution is -2.04. The van der Waals surface area contributed by atoms with E-state index >= 15 is 0 Å². The van der Waals surface area contributed by atoms with Crippen LogP contribution in [0.2, 0.25) is 0 Å². The first-order valence-corrected chi connectivity index (χ1v) is 6.07. The normalized spacial score (nSPS) is 10.4. The highest BCUT2D eigenvalue weighted by Crippen LogP contribution is 2.20. The van der Waals surface area contributed by atoms with Crippen molar-refractivity contribution in [1.82, 2.24) is 4.98 Å². The van der Waals surface area contributed by atoms with Gasteiger partial charge >= 0.3 is 5.97 Å². The molecule has 18 heavy (non-hydrogen) atoms. The molecule has 0 amide bonds. The number of aromatic nitrogens is 1. The molecule has 2 aromatic rings. The summed E-state index contributed by atoms with van der Waals surface area (Å²) in [6.07, 6.45) is 3.52. The van der Waals surface area contributed by atoms with Crippen molar-refractivity contribution in [2.75, 3.05) is 11.9 Å². The Kier molecular flexibility index (Phi) is 4.12. The third-order valence-electron chi connectivity index (χ3n) is 2.78. The fourth-order valence-corrected chi connectivity index (χ4v) is 1.87. The number of hydrogen-bond acceptors (Lipinski definition) is 3. The maximum atomic E-state index is 10.4. The first-order valence-electron chi connectivity index (χ1n) is 6.07. The van der Waals surface area contributed by atoms with Crippen molar-refractivity contribution < 1.29 is 9.90 Å². The van der Waals surface area contributed by atoms with E-state index < -0.39 is 5.97 Å². The molecule has 94 valence electrons. The van der Waals surface area contributed by atoms with Crippen LogP contribution in [0.1, 0.15) is 19.3 Å². The summed E-state index contributed by atoms with van der Waals surface area (Å²) in [6.45, 7) is 0.744. The van der Waals surface area contributed by atoms with Gasteiger partial charge in [0.05, 0.1) is 0 Å². The molecule has 4 nitrogen and oxygen atoms in total. The predicted molar refractivity (Wildman–Crippen MR) is 71.7 cm³/mol. The van der Waals surface area contributed by atoms with Gasteiger partial charge in [-0.15, -0.1) is 0 Å². The third kappa shape index (κ3) is 3.20. The summed E-state index contributed by atoms with van der Waals surface area (Å²) in [4.78, 5) is 14.7. The number of aliphatic carboxylic acids is 1. The quantitative estimate of drug-likeness (QED) is 0.767. The molecule has 0 aliphatic carbocycles. The van der Waals surface area contributed by atoms with Gasteiger partial charge in [0.1, 0.15) is 5.82 Å². The average Bonchev–Trinajstić information content (AvgIpc) is 2.38. The molecule has 0 bridgehead atoms. The third-order valence-corrected chi connectivity index (χ3v) is 2.78. The number of nitrogens with one attached hydrogen (secondary N) is 1. The number of hydrogen-bond donors (Lipinski definition) is 2. The van der Waals surface area contributed by atoms with Crippen LogP contribution >= 0.6 is 0 Å². The van der Waals surface area contributed by atoms with Crippen molar-refractivity contribution >= 4 is 22.6 Å². The van der Waals surface area contributed by atoms with E-state index in [1.807, 2.05) is 30.3 Å². The molecule has 0 aliphatic heterocycles. The van der Waals surface area contributed by atoms with E-state index in [9.17, 15) is 4.79 Å². The van der Waals surface area contributed by atoms with E-state index in [4.69, 9.17) is 5.11 Å². The molecule has 1 aromatic carbocycles. The van der Waals surface area contributed by atoms with Crippen LogP contribution in [0, 0.1) is 0 Å². The molecule has 0 spiro atoms. The molecule has 0 radical (unpaired) electrons. The Balaban J connectivity index is 1.93. The van der Waals surface area contributed by atoms with Crippen LogP contribution in [0.4, 0.5) is 5.82 Å². The van der Waals surface area contributed by atoms with Crippen LogP contribution < -0.4 is 5.32 Å². The molecule has 0 atom stereocenters. The Hall–Kier alpha value is -2.10. The number of unbranched alkanes of at least 4 members (excludes halogenated alkanes) is 1. The Labute approximate surface area is 106 Å². The van der Waals surface area contributed by atoms with Gasteiger partial charge < -0.3 is 10.4 Å². The lowest BCUT2D eigenvalue weighted by atomic mass is 10.1. The molecule has 0 fully saturated rings. The van der Waals surface area contributed by atoms with Gasteiger partial charge in [-0.3, -0.25) is 4.79 Å². The zero-order chi connectivity index (χ0) is 12.8. The van der Waals surface area contributed by atoms with Crippen LogP contribution in [0.5, 0.6) is 0 Å². The number of pyridine rings is 1. The maximum absolute atomic E-state index is 10.4. The molecule has 1 heterocycles. The summed E-state index contributed by atoms with van der Waals surface area (Å²) >= 11 is 0. The summed E-state index contributed by atoms with van der Waals surface area (Å²) in [6, 6.07) is 10.0. The summed E-state index contributed by atoms with van der Waals surface area (Å²) in [7, 11) is 0. The standard InChI is InChI=1S/C14H16N2O2/c17-13(18)7-3-4-9-15-14-12-6-2-1-5-11(12)8-10-16-14/h1-2,5-6,8,10H,3-4,7,9H2,(H,15,16)(H,17,18). The van der Waals surface area contributed by atoms with Crippen LogP contribution in [0.15, 0.2) is 36.5 Å². The maximum Gasteiger partial charge on any atom is 0.303 e. The predicted octanol–water partition coefficient (Wildman–Crippen LogP) is 2.90. The molecule has 0 aliphatic rings. The number of fused-ring (bicyclic) bond motifs is 1. The Morgan fingerprint density at radius 3 is 2.89 bits per heavy atom. The fraction of sp³-hybridized carbons (Fsp3) is 0.286. The molecular weight excluding hydrogens is 228 g/mol. The lowest BCUT2D eigenvalue weighted by molar-refractivity contribution is -0.137. The van der Waals surface area contributed by atoms with E-state index in [0.29, 0.717) is 6.42 Å². The summed E-state index contributed by atoms with van der Waals surface area (Å²) < 4.78 is 0. The minimum Gasteiger partial charge on any atom is -0.481 e. The molecule has 0 saturated carbocycles. The minimum atomic E-state index is -0.738. The summed E-state index contributed by atoms with van der Waals surface area (Å²) in [5.41, 5.74) is 0. The average molecular weight is 244 g/mol. The summed E-state index contributed by atoms with van der Waals surface area (Å²) in [5, 5.41) is 14.0. The van der Waals surface area contributed by atoms with Gasteiger partial charge in [0.25, 0.3) is 0 Å². The highest BCUT2D eigenvalue weighted by atomic mass is 16.4. The van der Waals surface area contributed by atoms with Crippen LogP contribution in [0.25, 0.3) is 10.8 Å². The molecule has 0 saturated heterocycles. The zero-order valence-corrected chi connectivity index (χ0v) is 10.1. The van der Waals surface area contributed by atoms with Crippen molar-refractivity contribution in [3.8, 4) is 0 Å². The van der Waals surface area contributed by atoms with E-state index in [-0.39, 0.29) is 6.42 Å². The molecule has 2 rings (SSSR count). The van der Waals surface area contributed by atoms with Crippen LogP contribution in [-0.2, 0) is 4.79 Å². The fourth-order valence-electron chi connectivity index (χ4n) is 1.87. The number of carboxylic acid groups (broad SMARTS) is 1. The van der Waals surface area contributed by atoms with Gasteiger partial charge in [-0.1, -0.05) is 24.3 Å². The largest absolute Gasteiger partial charge is 0.481 e. The van der Waals surface area contributed by atoms with Gasteiger partial charge in [-0.2, -0.15) is 0 Å². The van der Waals surface area contributed by atoms with Gasteiger partial charge in [0.2, 0.25) is 0 Å². The lowest BCUT2D eigenvalue weighted by Gasteiger charge is -2.08. The second-order valence-corrected chi connectivity index (χ2v) is 4.16. The SMILES string of the molecule is O=C(O)CCCCNc1nccc2ccccc12. The van der Waals surface area contributed by atoms with Crippen LogP contribution in [0.3, 0.4) is 0 Å². The highest BCUT2D eigenvalue weighted by molar-refractivity contribution is 5.91. The van der Waals surface area contributed by atoms with Gasteiger partial charge in [0.15, 0.2) is 0 Å². The second-order valence-electron chi connectivity index (χ2n) is 4.16. The number of carboxylic acids is 1. The van der Waals surface area contributed by atoms with Gasteiger partial charge in [-0.05, 0) is 24.3 Å². The Morgan fingerprint density at radius 1 is 1.22 bits per heavy atom. The number of carbonyl (C=O) groups is 1. The van der Waals surface area contributed by atoms with Crippen LogP contribution in [-0.4, -0.2) is 22.6 Å². The first kappa shape index (κ1) is 12.4. The van der Waals surface area contributed by atoms with E-state index in [2.05, 4.69) is 10.3 Å². The van der Waals surface area contributed by atoms with E-state index in [0.717, 1.165) is 29.6 Å². The topological polar surface area (TPSA) is 62.2 Å². The summed E-state index contributed by atoms with van der Waals surface area (Å²) in [5.74, 6) is 0.127. The molecular formula is C14H16N2O2. The van der Waals surface area contributed by atoms with Crippen molar-refractivity contribution in [3.63, 3.8) is 0 Å². The van der Waals surface area contributed by atoms with Crippen molar-refractivity contribution in [2.45, 2.75) is 19.3 Å². The van der Waals surface area contributed by atoms with Crippen molar-refractivity contribution in [3.05, 3.63) is 36.5 Å². The first-order chi connectivity index (χ1) is 8.77. The van der Waals surface area contributed by atoms with Gasteiger partial charge in [0, 0.05) is 24.5 Å². The monoisotopic (exact) mass is 244 g/mol. The minimum absolute atomic E-state index is 0.227. The highest BCUT2D eigenvalue weighted by Gasteiger charge is 2.01. The Bertz CT molecular complexity index is 535.